The Morgan fingerprint density at radius 1 is 1.18 bits per heavy atom. The van der Waals surface area contributed by atoms with Gasteiger partial charge in [-0.1, -0.05) is 0 Å². The van der Waals surface area contributed by atoms with Gasteiger partial charge in [0.05, 0.1) is 24.9 Å². The normalized spacial score (nSPS) is 18.6. The number of nitrogens with one attached hydrogen (secondary N) is 1. The van der Waals surface area contributed by atoms with E-state index in [9.17, 15) is 14.4 Å². The average Bonchev–Trinajstić information content (AvgIpc) is 3.24. The highest BCUT2D eigenvalue weighted by atomic mass is 32.2. The number of methoxy groups -OCH3 is 1. The van der Waals surface area contributed by atoms with Crippen molar-refractivity contribution in [1.82, 2.24) is 20.1 Å². The zero-order chi connectivity index (χ0) is 24.9. The summed E-state index contributed by atoms with van der Waals surface area (Å²) in [6.07, 6.45) is 6.18. The summed E-state index contributed by atoms with van der Waals surface area (Å²) >= 11 is 1.47. The van der Waals surface area contributed by atoms with E-state index in [1.54, 1.807) is 17.2 Å². The zero-order valence-corrected chi connectivity index (χ0v) is 21.6. The maximum Gasteiger partial charge on any atom is 0.330 e. The molecule has 1 aromatic rings. The van der Waals surface area contributed by atoms with Gasteiger partial charge in [-0.25, -0.2) is 14.6 Å². The second kappa shape index (κ2) is 10.9. The molecule has 188 valence electrons. The van der Waals surface area contributed by atoms with Gasteiger partial charge in [0.15, 0.2) is 6.04 Å². The molecule has 1 spiro atoms. The van der Waals surface area contributed by atoms with Crippen LogP contribution in [0, 0.1) is 5.41 Å². The van der Waals surface area contributed by atoms with Crippen molar-refractivity contribution in [3.8, 4) is 0 Å². The minimum atomic E-state index is -0.863. The maximum absolute atomic E-state index is 13.0. The number of urea groups is 1. The summed E-state index contributed by atoms with van der Waals surface area (Å²) < 4.78 is 10.5. The Hall–Kier alpha value is -2.33. The van der Waals surface area contributed by atoms with Crippen LogP contribution in [0.25, 0.3) is 0 Å². The summed E-state index contributed by atoms with van der Waals surface area (Å²) in [6, 6.07) is 2.47. The number of pyridine rings is 1. The number of hydrogen-bond donors (Lipinski definition) is 1. The van der Waals surface area contributed by atoms with Crippen molar-refractivity contribution in [2.45, 2.75) is 56.7 Å². The molecule has 1 unspecified atom stereocenters. The number of rotatable bonds is 6. The number of aromatic nitrogens is 1. The predicted molar refractivity (Wildman–Crippen MR) is 130 cm³/mol. The van der Waals surface area contributed by atoms with Crippen LogP contribution in [0.2, 0.25) is 0 Å². The third kappa shape index (κ3) is 6.41. The Morgan fingerprint density at radius 2 is 1.82 bits per heavy atom. The minimum Gasteiger partial charge on any atom is -0.467 e. The van der Waals surface area contributed by atoms with Gasteiger partial charge < -0.3 is 24.6 Å². The summed E-state index contributed by atoms with van der Waals surface area (Å²) in [5.74, 6) is -0.516. The summed E-state index contributed by atoms with van der Waals surface area (Å²) in [5.41, 5.74) is 0.199. The lowest BCUT2D eigenvalue weighted by molar-refractivity contribution is -0.146. The standard InChI is InChI=1S/C24H36N4O5S/c1-23(2,3)33-15-18(21(30)32-4)26-22(31)28-14-10-24(16-28)8-12-27(13-9-24)20(29)17-7-6-11-25-19(17)34-5/h6-7,11,18H,8-10,12-16H2,1-5H3,(H,26,31). The summed E-state index contributed by atoms with van der Waals surface area (Å²) in [7, 11) is 1.30. The van der Waals surface area contributed by atoms with Crippen LogP contribution in [0.4, 0.5) is 4.79 Å². The van der Waals surface area contributed by atoms with E-state index < -0.39 is 17.6 Å². The highest BCUT2D eigenvalue weighted by Crippen LogP contribution is 2.40. The second-order valence-corrected chi connectivity index (χ2v) is 10.8. The largest absolute Gasteiger partial charge is 0.467 e. The Kier molecular flexibility index (Phi) is 8.46. The molecule has 3 amide bonds. The Morgan fingerprint density at radius 3 is 2.41 bits per heavy atom. The number of amides is 3. The number of carbonyl (C=O) groups excluding carboxylic acids is 3. The van der Waals surface area contributed by atoms with Crippen molar-refractivity contribution in [2.24, 2.45) is 5.41 Å². The number of thioether (sulfide) groups is 1. The number of carbonyl (C=O) groups is 3. The third-order valence-corrected chi connectivity index (χ3v) is 7.21. The molecule has 34 heavy (non-hydrogen) atoms. The number of nitrogens with zero attached hydrogens (tertiary/aromatic N) is 3. The van der Waals surface area contributed by atoms with Crippen LogP contribution < -0.4 is 5.32 Å². The maximum atomic E-state index is 13.0. The molecule has 0 aromatic carbocycles. The first-order valence-corrected chi connectivity index (χ1v) is 12.9. The van der Waals surface area contributed by atoms with Crippen LogP contribution in [0.1, 0.15) is 50.4 Å². The number of ether oxygens (including phenoxy) is 2. The first-order valence-electron chi connectivity index (χ1n) is 11.6. The highest BCUT2D eigenvalue weighted by Gasteiger charge is 2.43. The molecule has 0 radical (unpaired) electrons. The molecule has 1 N–H and O–H groups in total. The summed E-state index contributed by atoms with van der Waals surface area (Å²) in [4.78, 5) is 46.1. The van der Waals surface area contributed by atoms with Crippen molar-refractivity contribution in [3.63, 3.8) is 0 Å². The van der Waals surface area contributed by atoms with Crippen molar-refractivity contribution in [2.75, 3.05) is 46.2 Å². The molecular formula is C24H36N4O5S. The van der Waals surface area contributed by atoms with Crippen molar-refractivity contribution in [1.29, 1.82) is 0 Å². The molecule has 2 aliphatic rings. The van der Waals surface area contributed by atoms with E-state index in [0.29, 0.717) is 31.7 Å². The zero-order valence-electron chi connectivity index (χ0n) is 20.8. The van der Waals surface area contributed by atoms with Gasteiger partial charge in [0.1, 0.15) is 5.03 Å². The van der Waals surface area contributed by atoms with E-state index in [4.69, 9.17) is 9.47 Å². The summed E-state index contributed by atoms with van der Waals surface area (Å²) in [5, 5.41) is 3.52. The smallest absolute Gasteiger partial charge is 0.330 e. The van der Waals surface area contributed by atoms with Gasteiger partial charge in [-0.3, -0.25) is 4.79 Å². The molecule has 3 rings (SSSR count). The second-order valence-electron chi connectivity index (χ2n) is 9.97. The van der Waals surface area contributed by atoms with E-state index in [1.165, 1.54) is 18.9 Å². The molecule has 0 bridgehead atoms. The Balaban J connectivity index is 1.56. The third-order valence-electron chi connectivity index (χ3n) is 6.50. The fraction of sp³-hybridized carbons (Fsp3) is 0.667. The molecule has 1 atom stereocenters. The first-order chi connectivity index (χ1) is 16.1. The number of piperidine rings is 1. The van der Waals surface area contributed by atoms with Crippen LogP contribution in [0.15, 0.2) is 23.4 Å². The van der Waals surface area contributed by atoms with Gasteiger partial charge in [-0.2, -0.15) is 0 Å². The lowest BCUT2D eigenvalue weighted by atomic mass is 9.77. The monoisotopic (exact) mass is 492 g/mol. The number of likely N-dealkylation sites (tertiary alicyclic amines) is 2. The van der Waals surface area contributed by atoms with Crippen LogP contribution in [0.5, 0.6) is 0 Å². The lowest BCUT2D eigenvalue weighted by Crippen LogP contribution is -2.51. The fourth-order valence-electron chi connectivity index (χ4n) is 4.47. The molecular weight excluding hydrogens is 456 g/mol. The molecule has 3 heterocycles. The average molecular weight is 493 g/mol. The topological polar surface area (TPSA) is 101 Å². The summed E-state index contributed by atoms with van der Waals surface area (Å²) in [6.45, 7) is 8.25. The van der Waals surface area contributed by atoms with E-state index in [-0.39, 0.29) is 24.0 Å². The van der Waals surface area contributed by atoms with Crippen LogP contribution >= 0.6 is 11.8 Å². The Labute approximate surface area is 205 Å². The lowest BCUT2D eigenvalue weighted by Gasteiger charge is -2.39. The van der Waals surface area contributed by atoms with Crippen molar-refractivity contribution in [3.05, 3.63) is 23.9 Å². The van der Waals surface area contributed by atoms with Gasteiger partial charge in [0.25, 0.3) is 5.91 Å². The molecule has 10 heteroatoms. The molecule has 0 saturated carbocycles. The number of esters is 1. The molecule has 9 nitrogen and oxygen atoms in total. The van der Waals surface area contributed by atoms with E-state index in [0.717, 1.165) is 24.3 Å². The molecule has 2 saturated heterocycles. The SMILES string of the molecule is COC(=O)C(COC(C)(C)C)NC(=O)N1CCC2(CCN(C(=O)c3cccnc3SC)CC2)C1. The van der Waals surface area contributed by atoms with Crippen molar-refractivity contribution >= 4 is 29.7 Å². The quantitative estimate of drug-likeness (QED) is 0.481. The molecule has 0 aliphatic carbocycles. The van der Waals surface area contributed by atoms with E-state index in [1.807, 2.05) is 38.0 Å². The van der Waals surface area contributed by atoms with Crippen LogP contribution in [-0.2, 0) is 14.3 Å². The predicted octanol–water partition coefficient (Wildman–Crippen LogP) is 2.80. The highest BCUT2D eigenvalue weighted by molar-refractivity contribution is 7.98. The van der Waals surface area contributed by atoms with Crippen LogP contribution in [0.3, 0.4) is 0 Å². The molecule has 2 fully saturated rings. The van der Waals surface area contributed by atoms with E-state index >= 15 is 0 Å². The Bertz CT molecular complexity index is 896. The first kappa shape index (κ1) is 26.3. The fourth-order valence-corrected chi connectivity index (χ4v) is 5.01. The number of hydrogen-bond acceptors (Lipinski definition) is 7. The van der Waals surface area contributed by atoms with Crippen molar-refractivity contribution < 1.29 is 23.9 Å². The van der Waals surface area contributed by atoms with Gasteiger partial charge >= 0.3 is 12.0 Å². The van der Waals surface area contributed by atoms with Gasteiger partial charge in [0.2, 0.25) is 0 Å². The minimum absolute atomic E-state index is 0.00589. The van der Waals surface area contributed by atoms with Gasteiger partial charge in [0, 0.05) is 32.4 Å². The van der Waals surface area contributed by atoms with Crippen LogP contribution in [-0.4, -0.2) is 90.5 Å². The van der Waals surface area contributed by atoms with Gasteiger partial charge in [-0.15, -0.1) is 11.8 Å². The van der Waals surface area contributed by atoms with Gasteiger partial charge in [-0.05, 0) is 63.8 Å². The molecule has 2 aliphatic heterocycles. The van der Waals surface area contributed by atoms with E-state index in [2.05, 4.69) is 10.3 Å². The molecule has 1 aromatic heterocycles.